The van der Waals surface area contributed by atoms with Gasteiger partial charge in [-0.2, -0.15) is 4.31 Å². The summed E-state index contributed by atoms with van der Waals surface area (Å²) in [6, 6.07) is 0.0364. The molecule has 0 aromatic heterocycles. The van der Waals surface area contributed by atoms with Gasteiger partial charge in [-0.25, -0.2) is 8.42 Å². The van der Waals surface area contributed by atoms with Gasteiger partial charge >= 0.3 is 0 Å². The molecule has 1 rings (SSSR count). The third kappa shape index (κ3) is 4.01. The molecule has 1 fully saturated rings. The van der Waals surface area contributed by atoms with Crippen LogP contribution in [0.4, 0.5) is 0 Å². The summed E-state index contributed by atoms with van der Waals surface area (Å²) in [6.45, 7) is 2.07. The SMILES string of the molecule is CNCCCCS(=O)(=O)N(C)C1CCOC1. The van der Waals surface area contributed by atoms with Gasteiger partial charge in [0.1, 0.15) is 0 Å². The summed E-state index contributed by atoms with van der Waals surface area (Å²) in [4.78, 5) is 0. The highest BCUT2D eigenvalue weighted by atomic mass is 32.2. The van der Waals surface area contributed by atoms with Crippen LogP contribution in [-0.4, -0.2) is 58.4 Å². The standard InChI is InChI=1S/C10H22N2O3S/c1-11-6-3-4-8-16(13,14)12(2)10-5-7-15-9-10/h10-11H,3-9H2,1-2H3. The van der Waals surface area contributed by atoms with Crippen molar-refractivity contribution in [3.05, 3.63) is 0 Å². The van der Waals surface area contributed by atoms with Crippen LogP contribution in [0, 0.1) is 0 Å². The Bertz CT molecular complexity index is 286. The Labute approximate surface area is 98.2 Å². The summed E-state index contributed by atoms with van der Waals surface area (Å²) in [5.41, 5.74) is 0. The first kappa shape index (κ1) is 13.9. The van der Waals surface area contributed by atoms with Crippen molar-refractivity contribution >= 4 is 10.0 Å². The van der Waals surface area contributed by atoms with Crippen molar-refractivity contribution in [2.45, 2.75) is 25.3 Å². The van der Waals surface area contributed by atoms with Crippen molar-refractivity contribution in [3.63, 3.8) is 0 Å². The Hall–Kier alpha value is -0.170. The molecule has 0 aromatic carbocycles. The second kappa shape index (κ2) is 6.54. The van der Waals surface area contributed by atoms with Crippen molar-refractivity contribution in [1.29, 1.82) is 0 Å². The number of hydrogen-bond acceptors (Lipinski definition) is 4. The van der Waals surface area contributed by atoms with E-state index >= 15 is 0 Å². The van der Waals surface area contributed by atoms with E-state index in [1.807, 2.05) is 7.05 Å². The topological polar surface area (TPSA) is 58.6 Å². The summed E-state index contributed by atoms with van der Waals surface area (Å²) in [7, 11) is 0.432. The molecule has 0 radical (unpaired) electrons. The fraction of sp³-hybridized carbons (Fsp3) is 1.00. The van der Waals surface area contributed by atoms with E-state index in [0.29, 0.717) is 19.6 Å². The van der Waals surface area contributed by atoms with Crippen LogP contribution in [0.25, 0.3) is 0 Å². The largest absolute Gasteiger partial charge is 0.380 e. The number of nitrogens with zero attached hydrogens (tertiary/aromatic N) is 1. The summed E-state index contributed by atoms with van der Waals surface area (Å²) >= 11 is 0. The van der Waals surface area contributed by atoms with Crippen LogP contribution in [0.1, 0.15) is 19.3 Å². The maximum atomic E-state index is 11.9. The Morgan fingerprint density at radius 3 is 2.75 bits per heavy atom. The van der Waals surface area contributed by atoms with E-state index in [1.54, 1.807) is 7.05 Å². The third-order valence-electron chi connectivity index (χ3n) is 2.94. The van der Waals surface area contributed by atoms with Gasteiger partial charge < -0.3 is 10.1 Å². The Morgan fingerprint density at radius 1 is 1.44 bits per heavy atom. The number of likely N-dealkylation sites (N-methyl/N-ethyl adjacent to an activating group) is 1. The molecule has 1 unspecified atom stereocenters. The van der Waals surface area contributed by atoms with Crippen LogP contribution >= 0.6 is 0 Å². The van der Waals surface area contributed by atoms with Crippen molar-refractivity contribution in [3.8, 4) is 0 Å². The van der Waals surface area contributed by atoms with Gasteiger partial charge in [-0.15, -0.1) is 0 Å². The van der Waals surface area contributed by atoms with E-state index in [-0.39, 0.29) is 11.8 Å². The van der Waals surface area contributed by atoms with E-state index < -0.39 is 10.0 Å². The number of rotatable bonds is 7. The Morgan fingerprint density at radius 2 is 2.19 bits per heavy atom. The van der Waals surface area contributed by atoms with Gasteiger partial charge in [0, 0.05) is 13.7 Å². The zero-order valence-electron chi connectivity index (χ0n) is 10.1. The smallest absolute Gasteiger partial charge is 0.214 e. The van der Waals surface area contributed by atoms with Crippen molar-refractivity contribution in [2.75, 3.05) is 39.6 Å². The predicted octanol–water partition coefficient (Wildman–Crippen LogP) is 0.0365. The first-order valence-electron chi connectivity index (χ1n) is 5.76. The van der Waals surface area contributed by atoms with Crippen LogP contribution in [0.15, 0.2) is 0 Å². The van der Waals surface area contributed by atoms with Gasteiger partial charge in [-0.05, 0) is 32.9 Å². The van der Waals surface area contributed by atoms with Gasteiger partial charge in [0.05, 0.1) is 18.4 Å². The Balaban J connectivity index is 2.36. The molecule has 0 bridgehead atoms. The quantitative estimate of drug-likeness (QED) is 0.648. The van der Waals surface area contributed by atoms with Crippen molar-refractivity contribution in [2.24, 2.45) is 0 Å². The molecule has 1 aliphatic heterocycles. The summed E-state index contributed by atoms with van der Waals surface area (Å²) in [5, 5.41) is 3.01. The minimum atomic E-state index is -3.10. The van der Waals surface area contributed by atoms with E-state index in [9.17, 15) is 8.42 Å². The second-order valence-electron chi connectivity index (χ2n) is 4.16. The molecule has 6 heteroatoms. The van der Waals surface area contributed by atoms with Crippen LogP contribution in [0.3, 0.4) is 0 Å². The molecule has 1 saturated heterocycles. The minimum absolute atomic E-state index is 0.0364. The highest BCUT2D eigenvalue weighted by molar-refractivity contribution is 7.89. The lowest BCUT2D eigenvalue weighted by molar-refractivity contribution is 0.181. The molecule has 16 heavy (non-hydrogen) atoms. The van der Waals surface area contributed by atoms with E-state index in [4.69, 9.17) is 4.74 Å². The van der Waals surface area contributed by atoms with E-state index in [2.05, 4.69) is 5.32 Å². The van der Waals surface area contributed by atoms with Gasteiger partial charge in [-0.3, -0.25) is 0 Å². The first-order chi connectivity index (χ1) is 7.58. The van der Waals surface area contributed by atoms with E-state index in [1.165, 1.54) is 4.31 Å². The van der Waals surface area contributed by atoms with Crippen molar-refractivity contribution in [1.82, 2.24) is 9.62 Å². The minimum Gasteiger partial charge on any atom is -0.380 e. The zero-order valence-corrected chi connectivity index (χ0v) is 10.9. The molecule has 0 spiro atoms. The van der Waals surface area contributed by atoms with Crippen molar-refractivity contribution < 1.29 is 13.2 Å². The molecule has 0 aromatic rings. The molecule has 0 saturated carbocycles. The monoisotopic (exact) mass is 250 g/mol. The maximum absolute atomic E-state index is 11.9. The number of nitrogens with one attached hydrogen (secondary N) is 1. The van der Waals surface area contributed by atoms with Crippen LogP contribution in [0.2, 0.25) is 0 Å². The van der Waals surface area contributed by atoms with Gasteiger partial charge in [0.15, 0.2) is 0 Å². The van der Waals surface area contributed by atoms with Gasteiger partial charge in [0.25, 0.3) is 0 Å². The zero-order chi connectivity index (χ0) is 12.0. The Kier molecular flexibility index (Phi) is 5.68. The van der Waals surface area contributed by atoms with Crippen LogP contribution in [-0.2, 0) is 14.8 Å². The molecular formula is C10H22N2O3S. The number of ether oxygens (including phenoxy) is 1. The fourth-order valence-corrected chi connectivity index (χ4v) is 3.24. The van der Waals surface area contributed by atoms with Crippen LogP contribution < -0.4 is 5.32 Å². The lowest BCUT2D eigenvalue weighted by Gasteiger charge is -2.22. The molecule has 1 heterocycles. The number of hydrogen-bond donors (Lipinski definition) is 1. The normalized spacial score (nSPS) is 21.8. The van der Waals surface area contributed by atoms with Crippen LogP contribution in [0.5, 0.6) is 0 Å². The molecule has 0 aliphatic carbocycles. The highest BCUT2D eigenvalue weighted by Crippen LogP contribution is 2.15. The lowest BCUT2D eigenvalue weighted by Crippen LogP contribution is -2.38. The van der Waals surface area contributed by atoms with Gasteiger partial charge in [-0.1, -0.05) is 0 Å². The summed E-state index contributed by atoms with van der Waals surface area (Å²) in [5.74, 6) is 0.238. The molecule has 1 N–H and O–H groups in total. The summed E-state index contributed by atoms with van der Waals surface area (Å²) < 4.78 is 30.5. The molecule has 5 nitrogen and oxygen atoms in total. The van der Waals surface area contributed by atoms with E-state index in [0.717, 1.165) is 19.4 Å². The maximum Gasteiger partial charge on any atom is 0.214 e. The lowest BCUT2D eigenvalue weighted by atomic mass is 10.3. The average Bonchev–Trinajstić information content (AvgIpc) is 2.76. The molecule has 96 valence electrons. The number of unbranched alkanes of at least 4 members (excludes halogenated alkanes) is 1. The molecule has 1 aliphatic rings. The fourth-order valence-electron chi connectivity index (χ4n) is 1.77. The average molecular weight is 250 g/mol. The first-order valence-corrected chi connectivity index (χ1v) is 7.37. The molecule has 1 atom stereocenters. The second-order valence-corrected chi connectivity index (χ2v) is 6.31. The number of sulfonamides is 1. The highest BCUT2D eigenvalue weighted by Gasteiger charge is 2.28. The predicted molar refractivity (Wildman–Crippen MR) is 63.9 cm³/mol. The molecule has 0 amide bonds. The molecular weight excluding hydrogens is 228 g/mol. The third-order valence-corrected chi connectivity index (χ3v) is 4.92. The summed E-state index contributed by atoms with van der Waals surface area (Å²) in [6.07, 6.45) is 2.41. The van der Waals surface area contributed by atoms with Gasteiger partial charge in [0.2, 0.25) is 10.0 Å².